The van der Waals surface area contributed by atoms with Gasteiger partial charge < -0.3 is 4.57 Å². The predicted octanol–water partition coefficient (Wildman–Crippen LogP) is 14.7. The van der Waals surface area contributed by atoms with Gasteiger partial charge in [0.25, 0.3) is 6.71 Å². The average molecular weight is 1410 g/mol. The molecule has 506 valence electrons. The summed E-state index contributed by atoms with van der Waals surface area (Å²) in [6.45, 7) is -0.476. The van der Waals surface area contributed by atoms with E-state index in [0.29, 0.717) is 35.2 Å². The standard InChI is InChI=1S/C96H66BN9Si2/c1-11-35-67(36-12-1)91-98-92(68-37-13-2-14-38-68)101-95(100-91)105-86-61-59-78(107(72-43-19-5-20-44-72,73-45-21-6-22-46-73)74-47-23-7-24-48-74)65-82(86)97-83-66-79(108(75-49-25-8-26-50-75,76-51-27-9-28-52-76)77-53-29-10-30-54-77)60-62-87(83)106(96-102-93(69-39-15-3-16-40-69)99-94(103-96)70-41-17-4-18-42-70)89-64-71(63-88(105)90(89)97)104-84-57-33-31-55-80(84)81-56-32-34-58-85(81)104/h1-66H. The third-order valence-corrected chi connectivity index (χ3v) is 31.3. The Hall–Kier alpha value is -13.8. The highest BCUT2D eigenvalue weighted by Crippen LogP contribution is 2.46. The lowest BCUT2D eigenvalue weighted by Crippen LogP contribution is -2.76. The summed E-state index contributed by atoms with van der Waals surface area (Å²) >= 11 is 0. The molecule has 3 aromatic heterocycles. The summed E-state index contributed by atoms with van der Waals surface area (Å²) in [5.41, 5.74) is 13.3. The summed E-state index contributed by atoms with van der Waals surface area (Å²) in [6.07, 6.45) is 0. The summed E-state index contributed by atoms with van der Waals surface area (Å²) in [7, 11) is -6.59. The lowest BCUT2D eigenvalue weighted by atomic mass is 9.33. The Morgan fingerprint density at radius 2 is 0.481 bits per heavy atom. The molecule has 0 amide bonds. The number of para-hydroxylation sites is 2. The molecule has 12 heteroatoms. The molecule has 2 aliphatic rings. The van der Waals surface area contributed by atoms with Gasteiger partial charge in [-0.05, 0) is 94.3 Å². The fourth-order valence-electron chi connectivity index (χ4n) is 17.1. The van der Waals surface area contributed by atoms with Gasteiger partial charge >= 0.3 is 0 Å². The molecular formula is C96H66BN9Si2. The van der Waals surface area contributed by atoms with Crippen LogP contribution in [-0.2, 0) is 0 Å². The predicted molar refractivity (Wildman–Crippen MR) is 451 cm³/mol. The fourth-order valence-corrected chi connectivity index (χ4v) is 26.7. The van der Waals surface area contributed by atoms with Crippen molar-refractivity contribution in [1.29, 1.82) is 0 Å². The Morgan fingerprint density at radius 3 is 0.769 bits per heavy atom. The van der Waals surface area contributed by atoms with Crippen LogP contribution in [0.2, 0.25) is 0 Å². The number of hydrogen-bond acceptors (Lipinski definition) is 8. The molecule has 2 aliphatic heterocycles. The molecule has 0 N–H and O–H groups in total. The first-order valence-electron chi connectivity index (χ1n) is 36.7. The van der Waals surface area contributed by atoms with Gasteiger partial charge in [-0.1, -0.05) is 364 Å². The van der Waals surface area contributed by atoms with Gasteiger partial charge in [0.15, 0.2) is 39.4 Å². The number of fused-ring (bicyclic) bond motifs is 7. The van der Waals surface area contributed by atoms with E-state index in [1.807, 2.05) is 24.3 Å². The minimum absolute atomic E-state index is 0.460. The van der Waals surface area contributed by atoms with Crippen molar-refractivity contribution in [3.8, 4) is 51.2 Å². The van der Waals surface area contributed by atoms with Crippen LogP contribution in [0.5, 0.6) is 0 Å². The molecule has 0 unspecified atom stereocenters. The zero-order valence-corrected chi connectivity index (χ0v) is 60.7. The van der Waals surface area contributed by atoms with Crippen LogP contribution in [0.15, 0.2) is 400 Å². The smallest absolute Gasteiger partial charge is 0.252 e. The van der Waals surface area contributed by atoms with Gasteiger partial charge in [-0.3, -0.25) is 9.80 Å². The van der Waals surface area contributed by atoms with Crippen molar-refractivity contribution >= 4 is 137 Å². The van der Waals surface area contributed by atoms with Crippen molar-refractivity contribution < 1.29 is 0 Å². The number of anilines is 6. The van der Waals surface area contributed by atoms with Crippen molar-refractivity contribution in [3.63, 3.8) is 0 Å². The SMILES string of the molecule is c1ccc(-c2nc(-c3ccccc3)nc(N3c4ccc([Si](c5ccccc5)(c5ccccc5)c5ccccc5)cc4B4c5cc([Si](c6ccccc6)(c6ccccc6)c6ccccc6)ccc5N(c5nc(-c6ccccc6)nc(-c6ccccc6)n5)c5cc(-n6c7ccccc7c7ccccc76)cc3c54)n2)cc1. The quantitative estimate of drug-likeness (QED) is 0.0741. The number of benzene rings is 15. The Kier molecular flexibility index (Phi) is 15.8. The van der Waals surface area contributed by atoms with E-state index in [2.05, 4.69) is 390 Å². The van der Waals surface area contributed by atoms with E-state index in [9.17, 15) is 0 Å². The Bertz CT molecular complexity index is 5680. The molecule has 0 saturated heterocycles. The van der Waals surface area contributed by atoms with Crippen LogP contribution in [0.1, 0.15) is 0 Å². The normalized spacial score (nSPS) is 12.4. The third kappa shape index (κ3) is 10.5. The highest BCUT2D eigenvalue weighted by atomic mass is 28.3. The lowest BCUT2D eigenvalue weighted by molar-refractivity contribution is 1.01. The minimum Gasteiger partial charge on any atom is -0.309 e. The van der Waals surface area contributed by atoms with E-state index >= 15 is 0 Å². The number of hydrogen-bond donors (Lipinski definition) is 0. The first-order chi connectivity index (χ1) is 53.6. The van der Waals surface area contributed by atoms with E-state index in [-0.39, 0.29) is 0 Å². The average Bonchev–Trinajstić information content (AvgIpc) is 0.780. The van der Waals surface area contributed by atoms with Crippen molar-refractivity contribution in [2.45, 2.75) is 0 Å². The Morgan fingerprint density at radius 1 is 0.222 bits per heavy atom. The van der Waals surface area contributed by atoms with Gasteiger partial charge in [-0.2, -0.15) is 19.9 Å². The maximum absolute atomic E-state index is 5.78. The van der Waals surface area contributed by atoms with Gasteiger partial charge in [-0.25, -0.2) is 9.97 Å². The van der Waals surface area contributed by atoms with E-state index < -0.39 is 22.9 Å². The van der Waals surface area contributed by atoms with Crippen LogP contribution in [0, 0.1) is 0 Å². The number of nitrogens with zero attached hydrogens (tertiary/aromatic N) is 9. The molecule has 0 radical (unpaired) electrons. The second-order valence-corrected chi connectivity index (χ2v) is 35.3. The van der Waals surface area contributed by atoms with Gasteiger partial charge in [0.05, 0.1) is 16.7 Å². The first kappa shape index (κ1) is 63.9. The van der Waals surface area contributed by atoms with Gasteiger partial charge in [0.1, 0.15) is 0 Å². The zero-order chi connectivity index (χ0) is 71.5. The molecule has 20 rings (SSSR count). The number of rotatable bonds is 15. The highest BCUT2D eigenvalue weighted by molar-refractivity contribution is 7.21. The molecule has 0 aliphatic carbocycles. The summed E-state index contributed by atoms with van der Waals surface area (Å²) in [5, 5.41) is 12.3. The molecule has 0 fully saturated rings. The number of aromatic nitrogens is 7. The van der Waals surface area contributed by atoms with Crippen molar-refractivity contribution in [2.24, 2.45) is 0 Å². The van der Waals surface area contributed by atoms with Crippen LogP contribution < -0.4 is 67.7 Å². The maximum Gasteiger partial charge on any atom is 0.252 e. The van der Waals surface area contributed by atoms with Crippen LogP contribution in [0.3, 0.4) is 0 Å². The monoisotopic (exact) mass is 1410 g/mol. The maximum atomic E-state index is 5.78. The molecule has 15 aromatic carbocycles. The molecule has 0 saturated carbocycles. The van der Waals surface area contributed by atoms with Gasteiger partial charge in [0, 0.05) is 55.8 Å². The van der Waals surface area contributed by atoms with E-state index in [1.165, 1.54) is 41.5 Å². The highest BCUT2D eigenvalue weighted by Gasteiger charge is 2.50. The van der Waals surface area contributed by atoms with Gasteiger partial charge in [-0.15, -0.1) is 0 Å². The van der Waals surface area contributed by atoms with Crippen molar-refractivity contribution in [1.82, 2.24) is 34.5 Å². The van der Waals surface area contributed by atoms with Crippen LogP contribution >= 0.6 is 0 Å². The zero-order valence-electron chi connectivity index (χ0n) is 58.7. The van der Waals surface area contributed by atoms with Crippen LogP contribution in [-0.4, -0.2) is 57.3 Å². The molecule has 9 nitrogen and oxygen atoms in total. The van der Waals surface area contributed by atoms with Crippen molar-refractivity contribution in [3.05, 3.63) is 400 Å². The summed E-state index contributed by atoms with van der Waals surface area (Å²) < 4.78 is 2.43. The van der Waals surface area contributed by atoms with E-state index in [1.54, 1.807) is 0 Å². The van der Waals surface area contributed by atoms with Gasteiger partial charge in [0.2, 0.25) is 11.9 Å². The second-order valence-electron chi connectivity index (χ2n) is 27.6. The molecule has 5 heterocycles. The van der Waals surface area contributed by atoms with E-state index in [4.69, 9.17) is 29.9 Å². The molecule has 18 aromatic rings. The summed E-state index contributed by atoms with van der Waals surface area (Å²) in [4.78, 5) is 38.6. The Balaban J connectivity index is 0.985. The lowest BCUT2D eigenvalue weighted by Gasteiger charge is -2.44. The topological polar surface area (TPSA) is 88.8 Å². The molecular weight excluding hydrogens is 1350 g/mol. The Labute approximate surface area is 628 Å². The second kappa shape index (κ2) is 26.7. The molecule has 0 atom stereocenters. The van der Waals surface area contributed by atoms with Crippen LogP contribution in [0.4, 0.5) is 34.6 Å². The minimum atomic E-state index is -3.30. The summed E-state index contributed by atoms with van der Waals surface area (Å²) in [6, 6.07) is 146. The first-order valence-corrected chi connectivity index (χ1v) is 40.7. The fraction of sp³-hybridized carbons (Fsp3) is 0. The molecule has 0 spiro atoms. The largest absolute Gasteiger partial charge is 0.309 e. The molecule has 0 bridgehead atoms. The summed E-state index contributed by atoms with van der Waals surface area (Å²) in [5.74, 6) is 3.10. The molecule has 108 heavy (non-hydrogen) atoms. The third-order valence-electron chi connectivity index (χ3n) is 21.8. The van der Waals surface area contributed by atoms with Crippen LogP contribution in [0.25, 0.3) is 73.0 Å². The van der Waals surface area contributed by atoms with E-state index in [0.717, 1.165) is 88.9 Å². The van der Waals surface area contributed by atoms with Crippen molar-refractivity contribution in [2.75, 3.05) is 9.80 Å².